The first kappa shape index (κ1) is 12.4. The Labute approximate surface area is 97.0 Å². The van der Waals surface area contributed by atoms with Crippen molar-refractivity contribution in [3.63, 3.8) is 0 Å². The Morgan fingerprint density at radius 3 is 2.69 bits per heavy atom. The number of hydrogen-bond acceptors (Lipinski definition) is 6. The number of hydrogen-bond donors (Lipinski definition) is 1. The van der Waals surface area contributed by atoms with E-state index in [2.05, 4.69) is 15.0 Å². The first-order valence-electron chi connectivity index (χ1n) is 4.49. The van der Waals surface area contributed by atoms with Gasteiger partial charge in [-0.05, 0) is 18.5 Å². The lowest BCUT2D eigenvalue weighted by atomic mass is 10.5. The van der Waals surface area contributed by atoms with E-state index >= 15 is 0 Å². The molecule has 16 heavy (non-hydrogen) atoms. The molecule has 1 N–H and O–H groups in total. The third-order valence-corrected chi connectivity index (χ3v) is 1.92. The molecular weight excluding hydrogens is 236 g/mol. The van der Waals surface area contributed by atoms with Crippen LogP contribution in [0.15, 0.2) is 0 Å². The topological polar surface area (TPSA) is 88.4 Å². The molecule has 1 aromatic rings. The SMILES string of the molecule is CCN(CC(=O)O)c1nc(Cl)nc(OC)n1. The minimum Gasteiger partial charge on any atom is -0.480 e. The van der Waals surface area contributed by atoms with Gasteiger partial charge in [0, 0.05) is 6.54 Å². The molecule has 7 nitrogen and oxygen atoms in total. The van der Waals surface area contributed by atoms with E-state index < -0.39 is 5.97 Å². The highest BCUT2D eigenvalue weighted by Crippen LogP contribution is 2.14. The molecule has 0 aliphatic carbocycles. The van der Waals surface area contributed by atoms with E-state index in [4.69, 9.17) is 21.4 Å². The van der Waals surface area contributed by atoms with Crippen LogP contribution in [0.2, 0.25) is 5.28 Å². The Hall–Kier alpha value is -1.63. The number of methoxy groups -OCH3 is 1. The highest BCUT2D eigenvalue weighted by atomic mass is 35.5. The van der Waals surface area contributed by atoms with E-state index in [0.717, 1.165) is 0 Å². The second-order valence-corrected chi connectivity index (χ2v) is 3.14. The number of nitrogens with zero attached hydrogens (tertiary/aromatic N) is 4. The number of halogens is 1. The average molecular weight is 247 g/mol. The van der Waals surface area contributed by atoms with Crippen LogP contribution < -0.4 is 9.64 Å². The predicted molar refractivity (Wildman–Crippen MR) is 56.9 cm³/mol. The van der Waals surface area contributed by atoms with Crippen molar-refractivity contribution >= 4 is 23.5 Å². The first-order chi connectivity index (χ1) is 7.56. The molecule has 0 spiro atoms. The second kappa shape index (κ2) is 5.45. The summed E-state index contributed by atoms with van der Waals surface area (Å²) in [6.07, 6.45) is 0. The largest absolute Gasteiger partial charge is 0.480 e. The van der Waals surface area contributed by atoms with E-state index in [0.29, 0.717) is 6.54 Å². The zero-order valence-electron chi connectivity index (χ0n) is 8.84. The van der Waals surface area contributed by atoms with E-state index in [1.165, 1.54) is 12.0 Å². The quantitative estimate of drug-likeness (QED) is 0.807. The minimum atomic E-state index is -0.975. The average Bonchev–Trinajstić information content (AvgIpc) is 2.24. The van der Waals surface area contributed by atoms with Crippen molar-refractivity contribution in [3.8, 4) is 6.01 Å². The van der Waals surface area contributed by atoms with Crippen LogP contribution in [0.1, 0.15) is 6.92 Å². The van der Waals surface area contributed by atoms with Crippen molar-refractivity contribution in [2.24, 2.45) is 0 Å². The summed E-state index contributed by atoms with van der Waals surface area (Å²) in [7, 11) is 1.39. The second-order valence-electron chi connectivity index (χ2n) is 2.80. The maximum atomic E-state index is 10.6. The molecular formula is C8H11ClN4O3. The summed E-state index contributed by atoms with van der Waals surface area (Å²) in [5.74, 6) is -0.792. The molecule has 0 saturated heterocycles. The van der Waals surface area contributed by atoms with Gasteiger partial charge in [0.1, 0.15) is 6.54 Å². The molecule has 1 aromatic heterocycles. The van der Waals surface area contributed by atoms with Gasteiger partial charge in [-0.3, -0.25) is 4.79 Å². The van der Waals surface area contributed by atoms with E-state index in [-0.39, 0.29) is 23.8 Å². The van der Waals surface area contributed by atoms with Crippen LogP contribution in [-0.2, 0) is 4.79 Å². The number of carbonyl (C=O) groups is 1. The Morgan fingerprint density at radius 1 is 1.50 bits per heavy atom. The van der Waals surface area contributed by atoms with Crippen LogP contribution in [0.3, 0.4) is 0 Å². The predicted octanol–water partition coefficient (Wildman–Crippen LogP) is 0.444. The zero-order valence-corrected chi connectivity index (χ0v) is 9.60. The lowest BCUT2D eigenvalue weighted by Crippen LogP contribution is -2.31. The molecule has 0 aliphatic rings. The fourth-order valence-electron chi connectivity index (χ4n) is 1.04. The van der Waals surface area contributed by atoms with Gasteiger partial charge in [0.05, 0.1) is 7.11 Å². The molecule has 1 rings (SSSR count). The lowest BCUT2D eigenvalue weighted by Gasteiger charge is -2.18. The summed E-state index contributed by atoms with van der Waals surface area (Å²) in [6.45, 7) is 2.02. The van der Waals surface area contributed by atoms with Crippen molar-refractivity contribution < 1.29 is 14.6 Å². The van der Waals surface area contributed by atoms with E-state index in [1.54, 1.807) is 6.92 Å². The Balaban J connectivity index is 2.99. The zero-order chi connectivity index (χ0) is 12.1. The van der Waals surface area contributed by atoms with Crippen LogP contribution in [0, 0.1) is 0 Å². The third-order valence-electron chi connectivity index (χ3n) is 1.75. The number of anilines is 1. The van der Waals surface area contributed by atoms with E-state index in [1.807, 2.05) is 0 Å². The number of aromatic nitrogens is 3. The number of carboxylic acids is 1. The maximum absolute atomic E-state index is 10.6. The van der Waals surface area contributed by atoms with Gasteiger partial charge in [-0.25, -0.2) is 0 Å². The minimum absolute atomic E-state index is 0.0364. The first-order valence-corrected chi connectivity index (χ1v) is 4.87. The number of rotatable bonds is 5. The summed E-state index contributed by atoms with van der Waals surface area (Å²) < 4.78 is 4.81. The van der Waals surface area contributed by atoms with Crippen molar-refractivity contribution in [2.75, 3.05) is 25.1 Å². The maximum Gasteiger partial charge on any atom is 0.323 e. The van der Waals surface area contributed by atoms with Gasteiger partial charge in [-0.2, -0.15) is 15.0 Å². The van der Waals surface area contributed by atoms with Crippen molar-refractivity contribution in [2.45, 2.75) is 6.92 Å². The highest BCUT2D eigenvalue weighted by molar-refractivity contribution is 6.28. The van der Waals surface area contributed by atoms with Crippen LogP contribution in [0.5, 0.6) is 6.01 Å². The molecule has 0 bridgehead atoms. The van der Waals surface area contributed by atoms with Gasteiger partial charge in [0.25, 0.3) is 0 Å². The number of ether oxygens (including phenoxy) is 1. The van der Waals surface area contributed by atoms with Crippen LogP contribution in [0.4, 0.5) is 5.95 Å². The molecule has 0 atom stereocenters. The van der Waals surface area contributed by atoms with Crippen LogP contribution >= 0.6 is 11.6 Å². The Bertz CT molecular complexity index is 388. The van der Waals surface area contributed by atoms with Crippen molar-refractivity contribution in [3.05, 3.63) is 5.28 Å². The number of carboxylic acid groups (broad SMARTS) is 1. The summed E-state index contributed by atoms with van der Waals surface area (Å²) in [5.41, 5.74) is 0. The molecule has 0 aromatic carbocycles. The Morgan fingerprint density at radius 2 is 2.19 bits per heavy atom. The third kappa shape index (κ3) is 3.20. The van der Waals surface area contributed by atoms with Gasteiger partial charge in [0.15, 0.2) is 0 Å². The number of aliphatic carboxylic acids is 1. The molecule has 0 unspecified atom stereocenters. The molecule has 0 fully saturated rings. The van der Waals surface area contributed by atoms with Crippen LogP contribution in [0.25, 0.3) is 0 Å². The summed E-state index contributed by atoms with van der Waals surface area (Å²) in [4.78, 5) is 23.5. The van der Waals surface area contributed by atoms with Gasteiger partial charge in [-0.15, -0.1) is 0 Å². The van der Waals surface area contributed by atoms with Crippen LogP contribution in [-0.4, -0.2) is 46.2 Å². The molecule has 0 saturated carbocycles. The van der Waals surface area contributed by atoms with Gasteiger partial charge in [-0.1, -0.05) is 0 Å². The molecule has 8 heteroatoms. The summed E-state index contributed by atoms with van der Waals surface area (Å²) in [5, 5.41) is 8.66. The molecule has 0 aliphatic heterocycles. The smallest absolute Gasteiger partial charge is 0.323 e. The molecule has 0 amide bonds. The van der Waals surface area contributed by atoms with Gasteiger partial charge in [0.2, 0.25) is 11.2 Å². The van der Waals surface area contributed by atoms with Crippen molar-refractivity contribution in [1.29, 1.82) is 0 Å². The highest BCUT2D eigenvalue weighted by Gasteiger charge is 2.14. The fraction of sp³-hybridized carbons (Fsp3) is 0.500. The Kier molecular flexibility index (Phi) is 4.24. The molecule has 0 radical (unpaired) electrons. The normalized spacial score (nSPS) is 9.94. The molecule has 88 valence electrons. The fourth-order valence-corrected chi connectivity index (χ4v) is 1.19. The van der Waals surface area contributed by atoms with Gasteiger partial charge < -0.3 is 14.7 Å². The number of likely N-dealkylation sites (N-methyl/N-ethyl adjacent to an activating group) is 1. The van der Waals surface area contributed by atoms with Gasteiger partial charge >= 0.3 is 12.0 Å². The van der Waals surface area contributed by atoms with Crippen molar-refractivity contribution in [1.82, 2.24) is 15.0 Å². The summed E-state index contributed by atoms with van der Waals surface area (Å²) in [6, 6.07) is 0.0545. The standard InChI is InChI=1S/C8H11ClN4O3/c1-3-13(4-5(14)15)7-10-6(9)11-8(12-7)16-2/h3-4H2,1-2H3,(H,14,15). The summed E-state index contributed by atoms with van der Waals surface area (Å²) >= 11 is 5.65. The monoisotopic (exact) mass is 246 g/mol. The molecule has 1 heterocycles. The lowest BCUT2D eigenvalue weighted by molar-refractivity contribution is -0.135. The van der Waals surface area contributed by atoms with E-state index in [9.17, 15) is 4.79 Å².